The highest BCUT2D eigenvalue weighted by Gasteiger charge is 2.11. The van der Waals surface area contributed by atoms with Gasteiger partial charge in [0.2, 0.25) is 5.91 Å². The molecule has 0 aliphatic rings. The molecule has 0 spiro atoms. The summed E-state index contributed by atoms with van der Waals surface area (Å²) in [6, 6.07) is 10.6. The van der Waals surface area contributed by atoms with E-state index in [-0.39, 0.29) is 18.0 Å². The fraction of sp³-hybridized carbons (Fsp3) is 0.263. The lowest BCUT2D eigenvalue weighted by Crippen LogP contribution is -2.26. The van der Waals surface area contributed by atoms with Crippen LogP contribution in [0.15, 0.2) is 51.9 Å². The average Bonchev–Trinajstić information content (AvgIpc) is 3.13. The summed E-state index contributed by atoms with van der Waals surface area (Å²) >= 11 is 0. The molecule has 1 aromatic carbocycles. The third kappa shape index (κ3) is 4.05. The molecule has 0 unspecified atom stereocenters. The van der Waals surface area contributed by atoms with Gasteiger partial charge in [-0.1, -0.05) is 31.1 Å². The molecule has 26 heavy (non-hydrogen) atoms. The van der Waals surface area contributed by atoms with Gasteiger partial charge in [-0.25, -0.2) is 0 Å². The Morgan fingerprint density at radius 1 is 1.19 bits per heavy atom. The van der Waals surface area contributed by atoms with E-state index in [2.05, 4.69) is 15.5 Å². The summed E-state index contributed by atoms with van der Waals surface area (Å²) in [5.74, 6) is 0.634. The van der Waals surface area contributed by atoms with Crippen LogP contribution in [0.4, 0.5) is 5.69 Å². The monoisotopic (exact) mass is 352 g/mol. The molecule has 0 bridgehead atoms. The van der Waals surface area contributed by atoms with Gasteiger partial charge in [0.1, 0.15) is 6.54 Å². The lowest BCUT2D eigenvalue weighted by Gasteiger charge is -2.09. The van der Waals surface area contributed by atoms with Gasteiger partial charge in [-0.05, 0) is 30.2 Å². The minimum Gasteiger partial charge on any atom is -0.334 e. The molecule has 0 saturated carbocycles. The molecule has 1 amide bonds. The molecule has 3 rings (SSSR count). The number of nitrogens with zero attached hydrogens (tertiary/aromatic N) is 3. The van der Waals surface area contributed by atoms with E-state index >= 15 is 0 Å². The maximum absolute atomic E-state index is 12.3. The van der Waals surface area contributed by atoms with Crippen molar-refractivity contribution in [3.8, 4) is 11.5 Å². The Kier molecular flexibility index (Phi) is 5.26. The lowest BCUT2D eigenvalue weighted by atomic mass is 10.1. The van der Waals surface area contributed by atoms with E-state index in [0.29, 0.717) is 29.4 Å². The highest BCUT2D eigenvalue weighted by molar-refractivity contribution is 5.90. The summed E-state index contributed by atoms with van der Waals surface area (Å²) in [5.41, 5.74) is 2.16. The van der Waals surface area contributed by atoms with E-state index in [0.717, 1.165) is 12.0 Å². The molecule has 0 aliphatic carbocycles. The summed E-state index contributed by atoms with van der Waals surface area (Å²) in [7, 11) is 0. The van der Waals surface area contributed by atoms with Crippen molar-refractivity contribution in [1.82, 2.24) is 14.7 Å². The zero-order valence-electron chi connectivity index (χ0n) is 14.7. The van der Waals surface area contributed by atoms with Crippen molar-refractivity contribution in [2.45, 2.75) is 33.2 Å². The van der Waals surface area contributed by atoms with E-state index in [1.807, 2.05) is 38.1 Å². The summed E-state index contributed by atoms with van der Waals surface area (Å²) in [4.78, 5) is 28.6. The van der Waals surface area contributed by atoms with Crippen LogP contribution in [0.5, 0.6) is 0 Å². The predicted molar refractivity (Wildman–Crippen MR) is 97.8 cm³/mol. The van der Waals surface area contributed by atoms with Crippen LogP contribution in [0.1, 0.15) is 25.2 Å². The molecule has 0 fully saturated rings. The van der Waals surface area contributed by atoms with Gasteiger partial charge in [-0.15, -0.1) is 0 Å². The highest BCUT2D eigenvalue weighted by Crippen LogP contribution is 2.16. The van der Waals surface area contributed by atoms with Crippen LogP contribution in [0.2, 0.25) is 0 Å². The number of hydrogen-bond donors (Lipinski definition) is 1. The first-order valence-corrected chi connectivity index (χ1v) is 8.51. The molecule has 0 saturated heterocycles. The molecule has 2 aromatic heterocycles. The maximum Gasteiger partial charge on any atom is 0.259 e. The smallest absolute Gasteiger partial charge is 0.259 e. The molecule has 0 aliphatic heterocycles. The summed E-state index contributed by atoms with van der Waals surface area (Å²) in [6.45, 7) is 3.87. The number of carbonyl (C=O) groups excluding carboxylic acids is 1. The van der Waals surface area contributed by atoms with Crippen molar-refractivity contribution in [2.75, 3.05) is 5.32 Å². The van der Waals surface area contributed by atoms with Gasteiger partial charge in [-0.2, -0.15) is 4.98 Å². The number of aromatic nitrogens is 3. The quantitative estimate of drug-likeness (QED) is 0.736. The van der Waals surface area contributed by atoms with Gasteiger partial charge in [0, 0.05) is 24.4 Å². The van der Waals surface area contributed by atoms with Crippen LogP contribution in [0.3, 0.4) is 0 Å². The van der Waals surface area contributed by atoms with Crippen molar-refractivity contribution < 1.29 is 9.32 Å². The number of benzene rings is 1. The molecule has 2 heterocycles. The highest BCUT2D eigenvalue weighted by atomic mass is 16.5. The largest absolute Gasteiger partial charge is 0.334 e. The standard InChI is InChI=1S/C19H20N4O3/c1-3-13-6-5-7-15(10-13)20-17(24)12-23-11-14(8-9-18(23)25)19-21-16(4-2)22-26-19/h5-11H,3-4,12H2,1-2H3,(H,20,24). The van der Waals surface area contributed by atoms with Crippen molar-refractivity contribution in [1.29, 1.82) is 0 Å². The van der Waals surface area contributed by atoms with Crippen molar-refractivity contribution in [3.05, 3.63) is 64.3 Å². The average molecular weight is 352 g/mol. The zero-order valence-corrected chi connectivity index (χ0v) is 14.7. The summed E-state index contributed by atoms with van der Waals surface area (Å²) in [6.07, 6.45) is 3.09. The zero-order chi connectivity index (χ0) is 18.5. The normalized spacial score (nSPS) is 10.7. The van der Waals surface area contributed by atoms with Gasteiger partial charge in [-0.3, -0.25) is 9.59 Å². The third-order valence-electron chi connectivity index (χ3n) is 3.95. The van der Waals surface area contributed by atoms with E-state index in [9.17, 15) is 9.59 Å². The predicted octanol–water partition coefficient (Wildman–Crippen LogP) is 2.66. The molecular formula is C19H20N4O3. The molecule has 7 nitrogen and oxygen atoms in total. The summed E-state index contributed by atoms with van der Waals surface area (Å²) < 4.78 is 6.51. The molecule has 134 valence electrons. The number of aryl methyl sites for hydroxylation is 2. The first-order chi connectivity index (χ1) is 12.6. The van der Waals surface area contributed by atoms with Crippen molar-refractivity contribution >= 4 is 11.6 Å². The third-order valence-corrected chi connectivity index (χ3v) is 3.95. The van der Waals surface area contributed by atoms with Crippen LogP contribution in [-0.2, 0) is 24.2 Å². The minimum absolute atomic E-state index is 0.0994. The first kappa shape index (κ1) is 17.6. The first-order valence-electron chi connectivity index (χ1n) is 8.51. The van der Waals surface area contributed by atoms with Crippen LogP contribution >= 0.6 is 0 Å². The second kappa shape index (κ2) is 7.77. The van der Waals surface area contributed by atoms with Gasteiger partial charge >= 0.3 is 0 Å². The molecule has 1 N–H and O–H groups in total. The van der Waals surface area contributed by atoms with Crippen LogP contribution < -0.4 is 10.9 Å². The molecule has 7 heteroatoms. The minimum atomic E-state index is -0.280. The fourth-order valence-electron chi connectivity index (χ4n) is 2.52. The second-order valence-corrected chi connectivity index (χ2v) is 5.86. The topological polar surface area (TPSA) is 90.0 Å². The van der Waals surface area contributed by atoms with Crippen molar-refractivity contribution in [2.24, 2.45) is 0 Å². The Morgan fingerprint density at radius 2 is 2.04 bits per heavy atom. The Labute approximate surface area is 150 Å². The fourth-order valence-corrected chi connectivity index (χ4v) is 2.52. The second-order valence-electron chi connectivity index (χ2n) is 5.86. The van der Waals surface area contributed by atoms with Gasteiger partial charge in [0.25, 0.3) is 11.4 Å². The van der Waals surface area contributed by atoms with Crippen LogP contribution in [-0.4, -0.2) is 20.6 Å². The van der Waals surface area contributed by atoms with E-state index in [4.69, 9.17) is 4.52 Å². The van der Waals surface area contributed by atoms with E-state index in [1.54, 1.807) is 12.3 Å². The molecule has 0 atom stereocenters. The SMILES string of the molecule is CCc1cccc(NC(=O)Cn2cc(-c3nc(CC)no3)ccc2=O)c1. The maximum atomic E-state index is 12.3. The number of hydrogen-bond acceptors (Lipinski definition) is 5. The number of pyridine rings is 1. The van der Waals surface area contributed by atoms with E-state index in [1.165, 1.54) is 10.6 Å². The van der Waals surface area contributed by atoms with Gasteiger partial charge in [0.05, 0.1) is 5.56 Å². The Morgan fingerprint density at radius 3 is 2.77 bits per heavy atom. The Hall–Kier alpha value is -3.22. The molecular weight excluding hydrogens is 332 g/mol. The van der Waals surface area contributed by atoms with E-state index < -0.39 is 0 Å². The number of anilines is 1. The van der Waals surface area contributed by atoms with Crippen molar-refractivity contribution in [3.63, 3.8) is 0 Å². The number of carbonyl (C=O) groups is 1. The Bertz CT molecular complexity index is 975. The lowest BCUT2D eigenvalue weighted by molar-refractivity contribution is -0.116. The van der Waals surface area contributed by atoms with Gasteiger partial charge in [0.15, 0.2) is 5.82 Å². The summed E-state index contributed by atoms with van der Waals surface area (Å²) in [5, 5.41) is 6.66. The number of rotatable bonds is 6. The van der Waals surface area contributed by atoms with Gasteiger partial charge < -0.3 is 14.4 Å². The Balaban J connectivity index is 1.77. The molecule has 0 radical (unpaired) electrons. The number of nitrogens with one attached hydrogen (secondary N) is 1. The molecule has 3 aromatic rings. The number of amides is 1. The van der Waals surface area contributed by atoms with Crippen LogP contribution in [0.25, 0.3) is 11.5 Å². The van der Waals surface area contributed by atoms with Crippen LogP contribution in [0, 0.1) is 0 Å².